The number of carbonyl (C=O) groups excluding carboxylic acids is 1. The molecular formula is C25H23F5N3O3S-. The topological polar surface area (TPSA) is 85.4 Å². The van der Waals surface area contributed by atoms with Crippen LogP contribution in [-0.4, -0.2) is 26.7 Å². The first-order valence-corrected chi connectivity index (χ1v) is 12.1. The Labute approximate surface area is 212 Å². The van der Waals surface area contributed by atoms with Crippen LogP contribution in [0.3, 0.4) is 0 Å². The maximum Gasteiger partial charge on any atom is 0.433 e. The number of amides is 1. The Kier molecular flexibility index (Phi) is 8.98. The molecule has 0 fully saturated rings. The van der Waals surface area contributed by atoms with Gasteiger partial charge in [-0.1, -0.05) is 24.3 Å². The summed E-state index contributed by atoms with van der Waals surface area (Å²) in [4.78, 5) is 16.5. The molecule has 0 aliphatic rings. The minimum atomic E-state index is -4.65. The molecule has 2 aromatic carbocycles. The van der Waals surface area contributed by atoms with E-state index in [1.54, 1.807) is 0 Å². The highest BCUT2D eigenvalue weighted by molar-refractivity contribution is 7.80. The van der Waals surface area contributed by atoms with Gasteiger partial charge in [0.2, 0.25) is 5.91 Å². The third-order valence-electron chi connectivity index (χ3n) is 5.80. The van der Waals surface area contributed by atoms with Crippen LogP contribution in [0.15, 0.2) is 54.6 Å². The second-order valence-corrected chi connectivity index (χ2v) is 9.27. The summed E-state index contributed by atoms with van der Waals surface area (Å²) in [6.07, 6.45) is -4.22. The van der Waals surface area contributed by atoms with Gasteiger partial charge in [-0.05, 0) is 66.8 Å². The monoisotopic (exact) mass is 540 g/mol. The number of nitrogens with one attached hydrogen (secondary N) is 1. The Morgan fingerprint density at radius 2 is 1.76 bits per heavy atom. The number of hydrogen-bond acceptors (Lipinski definition) is 4. The van der Waals surface area contributed by atoms with Crippen molar-refractivity contribution in [2.24, 2.45) is 0 Å². The number of alkyl halides is 3. The molecule has 0 aliphatic carbocycles. The Morgan fingerprint density at radius 1 is 1.08 bits per heavy atom. The molecule has 1 heterocycles. The summed E-state index contributed by atoms with van der Waals surface area (Å²) in [6, 6.07) is 11.3. The second-order valence-electron chi connectivity index (χ2n) is 8.29. The van der Waals surface area contributed by atoms with Gasteiger partial charge in [0.1, 0.15) is 17.3 Å². The van der Waals surface area contributed by atoms with Gasteiger partial charge in [0.15, 0.2) is 0 Å². The summed E-state index contributed by atoms with van der Waals surface area (Å²) in [5.74, 6) is -2.62. The van der Waals surface area contributed by atoms with Gasteiger partial charge in [-0.25, -0.2) is 13.8 Å². The molecule has 0 saturated heterocycles. The van der Waals surface area contributed by atoms with Gasteiger partial charge < -0.3 is 14.2 Å². The lowest BCUT2D eigenvalue weighted by molar-refractivity contribution is -0.141. The zero-order chi connectivity index (χ0) is 27.3. The molecule has 1 N–H and O–H groups in total. The van der Waals surface area contributed by atoms with Crippen LogP contribution >= 0.6 is 0 Å². The summed E-state index contributed by atoms with van der Waals surface area (Å²) >= 11 is -2.68. The predicted molar refractivity (Wildman–Crippen MR) is 127 cm³/mol. The highest BCUT2D eigenvalue weighted by Gasteiger charge is 2.33. The van der Waals surface area contributed by atoms with Crippen LogP contribution in [0.5, 0.6) is 0 Å². The van der Waals surface area contributed by atoms with Gasteiger partial charge in [0.05, 0.1) is 11.6 Å². The summed E-state index contributed by atoms with van der Waals surface area (Å²) in [7, 11) is 1.17. The molecule has 0 aliphatic heterocycles. The minimum absolute atomic E-state index is 0.120. The van der Waals surface area contributed by atoms with E-state index < -0.39 is 46.6 Å². The number of rotatable bonds is 9. The van der Waals surface area contributed by atoms with Crippen LogP contribution in [0, 0.1) is 11.6 Å². The molecule has 0 saturated carbocycles. The van der Waals surface area contributed by atoms with E-state index in [2.05, 4.69) is 10.3 Å². The fourth-order valence-electron chi connectivity index (χ4n) is 3.59. The number of nitrogens with zero attached hydrogens (tertiary/aromatic N) is 2. The molecule has 1 amide bonds. The molecular weight excluding hydrogens is 517 g/mol. The number of carbonyl (C=O) groups is 1. The zero-order valence-corrected chi connectivity index (χ0v) is 20.6. The molecule has 2 unspecified atom stereocenters. The normalized spacial score (nSPS) is 13.2. The van der Waals surface area contributed by atoms with Gasteiger partial charge in [0, 0.05) is 30.6 Å². The molecule has 198 valence electrons. The number of benzene rings is 2. The zero-order valence-electron chi connectivity index (χ0n) is 19.8. The fourth-order valence-corrected chi connectivity index (χ4v) is 3.90. The average Bonchev–Trinajstić information content (AvgIpc) is 2.85. The molecule has 37 heavy (non-hydrogen) atoms. The van der Waals surface area contributed by atoms with E-state index in [0.29, 0.717) is 21.9 Å². The maximum atomic E-state index is 14.4. The van der Waals surface area contributed by atoms with Crippen molar-refractivity contribution in [1.82, 2.24) is 10.3 Å². The lowest BCUT2D eigenvalue weighted by atomic mass is 9.99. The first-order valence-electron chi connectivity index (χ1n) is 11.1. The van der Waals surface area contributed by atoms with Crippen LogP contribution in [-0.2, 0) is 41.6 Å². The number of aryl methyl sites for hydroxylation is 2. The van der Waals surface area contributed by atoms with Crippen molar-refractivity contribution >= 4 is 22.9 Å². The Balaban J connectivity index is 1.74. The molecule has 6 nitrogen and oxygen atoms in total. The maximum absolute atomic E-state index is 14.4. The first kappa shape index (κ1) is 28.2. The number of halogens is 5. The molecule has 0 radical (unpaired) electrons. The van der Waals surface area contributed by atoms with Gasteiger partial charge in [-0.2, -0.15) is 13.2 Å². The summed E-state index contributed by atoms with van der Waals surface area (Å²) in [6.45, 7) is 1.39. The standard InChI is InChI=1S/C25H24F5N3O3S/c1-15(17-6-11-22(20(27)13-17)33(2)37(35)36)24(34)31-14-18-7-12-23(25(28,29)30)32-21(18)10-5-16-3-8-19(26)9-4-16/h3-4,6-9,11-13,15H,5,10,14H2,1-2H3,(H,31,34)(H,35,36)/p-1. The van der Waals surface area contributed by atoms with Gasteiger partial charge in [-0.15, -0.1) is 0 Å². The Morgan fingerprint density at radius 3 is 2.35 bits per heavy atom. The number of anilines is 1. The van der Waals surface area contributed by atoms with Gasteiger partial charge in [0.25, 0.3) is 0 Å². The summed E-state index contributed by atoms with van der Waals surface area (Å²) < 4.78 is 90.0. The molecule has 3 rings (SSSR count). The van der Waals surface area contributed by atoms with Crippen molar-refractivity contribution in [2.75, 3.05) is 11.4 Å². The van der Waals surface area contributed by atoms with E-state index in [1.165, 1.54) is 56.4 Å². The smallest absolute Gasteiger partial charge is 0.433 e. The predicted octanol–water partition coefficient (Wildman–Crippen LogP) is 4.81. The largest absolute Gasteiger partial charge is 0.755 e. The van der Waals surface area contributed by atoms with Crippen molar-refractivity contribution < 1.29 is 35.5 Å². The van der Waals surface area contributed by atoms with Crippen molar-refractivity contribution in [2.45, 2.75) is 38.4 Å². The number of aromatic nitrogens is 1. The van der Waals surface area contributed by atoms with Crippen molar-refractivity contribution in [1.29, 1.82) is 0 Å². The van der Waals surface area contributed by atoms with Crippen molar-refractivity contribution in [3.8, 4) is 0 Å². The SMILES string of the molecule is CC(C(=O)NCc1ccc(C(F)(F)F)nc1CCc1ccc(F)cc1)c1ccc(N(C)S(=O)[O-])c(F)c1. The van der Waals surface area contributed by atoms with Crippen molar-refractivity contribution in [3.05, 3.63) is 94.3 Å². The van der Waals surface area contributed by atoms with Crippen LogP contribution < -0.4 is 9.62 Å². The van der Waals surface area contributed by atoms with E-state index in [0.717, 1.165) is 12.1 Å². The van der Waals surface area contributed by atoms with Crippen LogP contribution in [0.25, 0.3) is 0 Å². The lowest BCUT2D eigenvalue weighted by Gasteiger charge is -2.22. The summed E-state index contributed by atoms with van der Waals surface area (Å²) in [5.41, 5.74) is 0.246. The third kappa shape index (κ3) is 7.32. The molecule has 0 bridgehead atoms. The quantitative estimate of drug-likeness (QED) is 0.312. The van der Waals surface area contributed by atoms with Crippen LogP contribution in [0.4, 0.5) is 27.6 Å². The summed E-state index contributed by atoms with van der Waals surface area (Å²) in [5, 5.41) is 2.64. The molecule has 12 heteroatoms. The Bertz CT molecular complexity index is 1290. The molecule has 2 atom stereocenters. The molecule has 0 spiro atoms. The fraction of sp³-hybridized carbons (Fsp3) is 0.280. The highest BCUT2D eigenvalue weighted by atomic mass is 32.2. The van der Waals surface area contributed by atoms with E-state index in [9.17, 15) is 35.5 Å². The highest BCUT2D eigenvalue weighted by Crippen LogP contribution is 2.29. The molecule has 3 aromatic rings. The second kappa shape index (κ2) is 11.8. The average molecular weight is 541 g/mol. The van der Waals surface area contributed by atoms with E-state index >= 15 is 0 Å². The van der Waals surface area contributed by atoms with Crippen molar-refractivity contribution in [3.63, 3.8) is 0 Å². The van der Waals surface area contributed by atoms with Crippen LogP contribution in [0.1, 0.15) is 40.9 Å². The number of hydrogen-bond donors (Lipinski definition) is 1. The third-order valence-corrected chi connectivity index (χ3v) is 6.45. The first-order chi connectivity index (χ1) is 17.4. The minimum Gasteiger partial charge on any atom is -0.755 e. The Hall–Kier alpha value is -3.38. The van der Waals surface area contributed by atoms with E-state index in [1.807, 2.05) is 0 Å². The number of pyridine rings is 1. The van der Waals surface area contributed by atoms with E-state index in [-0.39, 0.29) is 29.9 Å². The van der Waals surface area contributed by atoms with E-state index in [4.69, 9.17) is 0 Å². The lowest BCUT2D eigenvalue weighted by Crippen LogP contribution is -2.28. The van der Waals surface area contributed by atoms with Gasteiger partial charge in [-0.3, -0.25) is 9.00 Å². The van der Waals surface area contributed by atoms with Gasteiger partial charge >= 0.3 is 6.18 Å². The molecule has 1 aromatic heterocycles. The van der Waals surface area contributed by atoms with Crippen LogP contribution in [0.2, 0.25) is 0 Å².